The molecule has 1 aromatic heterocycles. The van der Waals surface area contributed by atoms with Gasteiger partial charge in [-0.05, 0) is 125 Å². The minimum Gasteiger partial charge on any atom is -0.444 e. The van der Waals surface area contributed by atoms with Crippen LogP contribution in [0.1, 0.15) is 89.7 Å². The van der Waals surface area contributed by atoms with Crippen molar-refractivity contribution < 1.29 is 19.1 Å². The largest absolute Gasteiger partial charge is 0.444 e. The van der Waals surface area contributed by atoms with Crippen molar-refractivity contribution in [1.82, 2.24) is 9.80 Å². The number of nitrogens with zero attached hydrogens (tertiary/aromatic N) is 4. The predicted molar refractivity (Wildman–Crippen MR) is 195 cm³/mol. The van der Waals surface area contributed by atoms with E-state index in [0.717, 1.165) is 55.6 Å². The average molecular weight is 667 g/mol. The van der Waals surface area contributed by atoms with Crippen LogP contribution in [0.2, 0.25) is 0 Å². The highest BCUT2D eigenvalue weighted by Crippen LogP contribution is 2.42. The molecule has 2 fully saturated rings. The summed E-state index contributed by atoms with van der Waals surface area (Å²) < 4.78 is 11.4. The molecule has 4 aliphatic rings. The van der Waals surface area contributed by atoms with Gasteiger partial charge in [-0.3, -0.25) is 19.8 Å². The SMILES string of the molecule is Cc1cc(C2=CN=C([C@@H]3CCCN3C(=O)OC(C)(C)C)C2)sc1-c1ccc2c3c(ccc2c1)N=C([C@@H]1CCCN1C(=O)OC(C)(C)C)C3. The molecule has 0 N–H and O–H groups in total. The van der Waals surface area contributed by atoms with Crippen LogP contribution < -0.4 is 0 Å². The number of carbonyl (C=O) groups excluding carboxylic acids is 2. The molecule has 0 aliphatic carbocycles. The average Bonchev–Trinajstić information content (AvgIpc) is 3.83. The van der Waals surface area contributed by atoms with Crippen LogP contribution in [-0.2, 0) is 15.9 Å². The highest BCUT2D eigenvalue weighted by Gasteiger charge is 2.38. The molecule has 8 nitrogen and oxygen atoms in total. The molecule has 3 aromatic rings. The van der Waals surface area contributed by atoms with Crippen LogP contribution in [0.25, 0.3) is 26.8 Å². The zero-order valence-corrected chi connectivity index (χ0v) is 30.0. The number of allylic oxidation sites excluding steroid dienone is 1. The topological polar surface area (TPSA) is 83.8 Å². The van der Waals surface area contributed by atoms with Crippen LogP contribution in [0, 0.1) is 6.92 Å². The predicted octanol–water partition coefficient (Wildman–Crippen LogP) is 9.49. The Morgan fingerprint density at radius 1 is 0.833 bits per heavy atom. The molecule has 252 valence electrons. The first-order valence-corrected chi connectivity index (χ1v) is 18.0. The lowest BCUT2D eigenvalue weighted by atomic mass is 9.96. The summed E-state index contributed by atoms with van der Waals surface area (Å²) in [6.45, 7) is 15.0. The van der Waals surface area contributed by atoms with Gasteiger partial charge in [-0.1, -0.05) is 18.2 Å². The smallest absolute Gasteiger partial charge is 0.410 e. The number of hydrogen-bond acceptors (Lipinski definition) is 7. The van der Waals surface area contributed by atoms with Gasteiger partial charge in [0.05, 0.1) is 17.8 Å². The Hall–Kier alpha value is -3.98. The van der Waals surface area contributed by atoms with Crippen molar-refractivity contribution in [3.8, 4) is 10.4 Å². The Morgan fingerprint density at radius 3 is 2.12 bits per heavy atom. The van der Waals surface area contributed by atoms with E-state index in [-0.39, 0.29) is 24.3 Å². The minimum atomic E-state index is -0.522. The molecule has 0 saturated carbocycles. The molecule has 0 radical (unpaired) electrons. The number of hydrogen-bond donors (Lipinski definition) is 0. The van der Waals surface area contributed by atoms with Gasteiger partial charge in [0.2, 0.25) is 0 Å². The van der Waals surface area contributed by atoms with Crippen molar-refractivity contribution in [2.75, 3.05) is 13.1 Å². The Morgan fingerprint density at radius 2 is 1.48 bits per heavy atom. The molecule has 0 spiro atoms. The van der Waals surface area contributed by atoms with Crippen LogP contribution in [0.5, 0.6) is 0 Å². The third-order valence-corrected chi connectivity index (χ3v) is 10.9. The number of rotatable bonds is 4. The van der Waals surface area contributed by atoms with Gasteiger partial charge in [0.25, 0.3) is 0 Å². The Kier molecular flexibility index (Phi) is 8.25. The fourth-order valence-corrected chi connectivity index (χ4v) is 8.59. The quantitative estimate of drug-likeness (QED) is 0.278. The lowest BCUT2D eigenvalue weighted by molar-refractivity contribution is 0.0254. The highest BCUT2D eigenvalue weighted by atomic mass is 32.1. The van der Waals surface area contributed by atoms with E-state index in [0.29, 0.717) is 13.1 Å². The van der Waals surface area contributed by atoms with Crippen LogP contribution in [0.3, 0.4) is 0 Å². The molecule has 0 unspecified atom stereocenters. The number of likely N-dealkylation sites (tertiary alicyclic amines) is 2. The first kappa shape index (κ1) is 32.6. The number of benzene rings is 2. The molecule has 5 heterocycles. The normalized spacial score (nSPS) is 21.0. The van der Waals surface area contributed by atoms with E-state index in [9.17, 15) is 9.59 Å². The maximum Gasteiger partial charge on any atom is 0.410 e. The summed E-state index contributed by atoms with van der Waals surface area (Å²) in [6.07, 6.45) is 6.76. The molecule has 7 rings (SSSR count). The first-order valence-electron chi connectivity index (χ1n) is 17.2. The molecule has 4 aliphatic heterocycles. The van der Waals surface area contributed by atoms with Gasteiger partial charge in [0, 0.05) is 53.3 Å². The van der Waals surface area contributed by atoms with Gasteiger partial charge in [0.1, 0.15) is 11.2 Å². The summed E-state index contributed by atoms with van der Waals surface area (Å²) in [7, 11) is 0. The molecule has 0 bridgehead atoms. The van der Waals surface area contributed by atoms with E-state index >= 15 is 0 Å². The molecular weight excluding hydrogens is 621 g/mol. The van der Waals surface area contributed by atoms with Crippen LogP contribution in [-0.4, -0.2) is 69.8 Å². The van der Waals surface area contributed by atoms with Gasteiger partial charge in [0.15, 0.2) is 0 Å². The fourth-order valence-electron chi connectivity index (χ4n) is 7.42. The van der Waals surface area contributed by atoms with Crippen molar-refractivity contribution in [1.29, 1.82) is 0 Å². The molecule has 2 saturated heterocycles. The van der Waals surface area contributed by atoms with Crippen molar-refractivity contribution >= 4 is 57.0 Å². The van der Waals surface area contributed by atoms with Gasteiger partial charge >= 0.3 is 12.2 Å². The number of aryl methyl sites for hydroxylation is 1. The summed E-state index contributed by atoms with van der Waals surface area (Å²) in [5.41, 5.74) is 6.96. The number of fused-ring (bicyclic) bond motifs is 3. The number of ether oxygens (including phenoxy) is 2. The maximum atomic E-state index is 13.0. The summed E-state index contributed by atoms with van der Waals surface area (Å²) in [5.74, 6) is 0. The van der Waals surface area contributed by atoms with Gasteiger partial charge < -0.3 is 9.47 Å². The Labute approximate surface area is 287 Å². The molecule has 2 amide bonds. The number of amides is 2. The molecule has 48 heavy (non-hydrogen) atoms. The molecule has 2 aromatic carbocycles. The maximum absolute atomic E-state index is 13.0. The number of carbonyl (C=O) groups is 2. The van der Waals surface area contributed by atoms with Crippen molar-refractivity contribution in [3.05, 3.63) is 58.6 Å². The van der Waals surface area contributed by atoms with E-state index in [2.05, 4.69) is 43.3 Å². The van der Waals surface area contributed by atoms with Crippen molar-refractivity contribution in [3.63, 3.8) is 0 Å². The van der Waals surface area contributed by atoms with Gasteiger partial charge in [-0.25, -0.2) is 9.59 Å². The number of thiophene rings is 1. The zero-order chi connectivity index (χ0) is 34.0. The van der Waals surface area contributed by atoms with Gasteiger partial charge in [-0.2, -0.15) is 0 Å². The minimum absolute atomic E-state index is 0.00473. The second-order valence-corrected chi connectivity index (χ2v) is 16.6. The summed E-state index contributed by atoms with van der Waals surface area (Å²) >= 11 is 1.81. The fraction of sp³-hybridized carbons (Fsp3) is 0.487. The van der Waals surface area contributed by atoms with Crippen LogP contribution >= 0.6 is 11.3 Å². The zero-order valence-electron chi connectivity index (χ0n) is 29.2. The highest BCUT2D eigenvalue weighted by molar-refractivity contribution is 7.16. The Bertz CT molecular complexity index is 1890. The van der Waals surface area contributed by atoms with E-state index in [4.69, 9.17) is 19.5 Å². The van der Waals surface area contributed by atoms with Crippen molar-refractivity contribution in [2.24, 2.45) is 9.98 Å². The monoisotopic (exact) mass is 666 g/mol. The lowest BCUT2D eigenvalue weighted by Gasteiger charge is -2.28. The Balaban J connectivity index is 1.05. The van der Waals surface area contributed by atoms with E-state index in [1.165, 1.54) is 42.8 Å². The summed E-state index contributed by atoms with van der Waals surface area (Å²) in [5, 5.41) is 2.41. The summed E-state index contributed by atoms with van der Waals surface area (Å²) in [6, 6.07) is 13.3. The van der Waals surface area contributed by atoms with E-state index < -0.39 is 11.2 Å². The van der Waals surface area contributed by atoms with E-state index in [1.54, 1.807) is 0 Å². The standard InChI is InChI=1S/C39H46N4O4S/c1-23-18-34(26-20-30(40-22-26)32-10-8-16-42(32)36(44)46-38(2,3)4)48-35(23)25-12-14-27-24(19-25)13-15-29-28(27)21-31(41-29)33-11-9-17-43(33)37(45)47-39(5,6)7/h12-15,18-19,22,32-33H,8-11,16-17,20-21H2,1-7H3/t32-,33-/m0/s1. The van der Waals surface area contributed by atoms with Gasteiger partial charge in [-0.15, -0.1) is 11.3 Å². The molecular formula is C39H46N4O4S. The van der Waals surface area contributed by atoms with E-state index in [1.807, 2.05) is 68.9 Å². The molecule has 9 heteroatoms. The second-order valence-electron chi connectivity index (χ2n) is 15.5. The molecule has 2 atom stereocenters. The second kappa shape index (κ2) is 12.2. The van der Waals surface area contributed by atoms with Crippen LogP contribution in [0.15, 0.2) is 52.6 Å². The summed E-state index contributed by atoms with van der Waals surface area (Å²) in [4.78, 5) is 42.0. The van der Waals surface area contributed by atoms with Crippen molar-refractivity contribution in [2.45, 2.75) is 110 Å². The third kappa shape index (κ3) is 6.41. The third-order valence-electron chi connectivity index (χ3n) is 9.51. The van der Waals surface area contributed by atoms with Crippen LogP contribution in [0.4, 0.5) is 15.3 Å². The lowest BCUT2D eigenvalue weighted by Crippen LogP contribution is -2.43. The first-order chi connectivity index (χ1) is 22.7. The number of aliphatic imine (C=N–C) groups is 2.